The second-order valence-electron chi connectivity index (χ2n) is 7.88. The van der Waals surface area contributed by atoms with Gasteiger partial charge < -0.3 is 4.90 Å². The summed E-state index contributed by atoms with van der Waals surface area (Å²) < 4.78 is 0. The minimum absolute atomic E-state index is 0.188. The van der Waals surface area contributed by atoms with Gasteiger partial charge in [0.05, 0.1) is 6.04 Å². The van der Waals surface area contributed by atoms with Crippen molar-refractivity contribution in [3.05, 3.63) is 65.7 Å². The van der Waals surface area contributed by atoms with Crippen molar-refractivity contribution in [2.45, 2.75) is 46.1 Å². The molecule has 0 spiro atoms. The highest BCUT2D eigenvalue weighted by molar-refractivity contribution is 5.93. The Morgan fingerprint density at radius 2 is 1.81 bits per heavy atom. The number of para-hydroxylation sites is 1. The molecule has 0 N–H and O–H groups in total. The molecule has 1 unspecified atom stereocenters. The fourth-order valence-electron chi connectivity index (χ4n) is 3.93. The maximum absolute atomic E-state index is 12.8. The number of carbonyl (C=O) groups is 1. The largest absolute Gasteiger partial charge is 0.311 e. The zero-order valence-electron chi connectivity index (χ0n) is 16.9. The molecule has 0 aromatic heterocycles. The normalized spacial score (nSPS) is 17.0. The van der Waals surface area contributed by atoms with E-state index in [-0.39, 0.29) is 11.9 Å². The van der Waals surface area contributed by atoms with Gasteiger partial charge in [0.15, 0.2) is 0 Å². The average Bonchev–Trinajstić information content (AvgIpc) is 2.70. The van der Waals surface area contributed by atoms with E-state index in [0.717, 1.165) is 25.2 Å². The summed E-state index contributed by atoms with van der Waals surface area (Å²) in [4.78, 5) is 17.3. The number of amides is 1. The van der Waals surface area contributed by atoms with Crippen LogP contribution in [0.15, 0.2) is 54.6 Å². The second-order valence-corrected chi connectivity index (χ2v) is 7.88. The zero-order valence-corrected chi connectivity index (χ0v) is 16.9. The predicted molar refractivity (Wildman–Crippen MR) is 113 cm³/mol. The lowest BCUT2D eigenvalue weighted by atomic mass is 9.91. The molecule has 1 atom stereocenters. The molecule has 3 rings (SSSR count). The van der Waals surface area contributed by atoms with Gasteiger partial charge >= 0.3 is 0 Å². The number of rotatable bonds is 7. The van der Waals surface area contributed by atoms with Crippen molar-refractivity contribution in [2.75, 3.05) is 24.5 Å². The zero-order chi connectivity index (χ0) is 19.2. The number of hydrogen-bond donors (Lipinski definition) is 0. The van der Waals surface area contributed by atoms with E-state index in [2.05, 4.69) is 43.0 Å². The third kappa shape index (κ3) is 4.78. The van der Waals surface area contributed by atoms with Crippen LogP contribution in [0.5, 0.6) is 0 Å². The Morgan fingerprint density at radius 1 is 1.11 bits per heavy atom. The molecule has 144 valence electrons. The molecule has 0 radical (unpaired) electrons. The Balaban J connectivity index is 1.91. The molecule has 3 nitrogen and oxygen atoms in total. The van der Waals surface area contributed by atoms with E-state index < -0.39 is 0 Å². The monoisotopic (exact) mass is 364 g/mol. The SMILES string of the molecule is CCC(=O)N(CC1c2ccccc2CCN1CCC(C)C)c1ccccc1. The summed E-state index contributed by atoms with van der Waals surface area (Å²) in [5, 5.41) is 0. The molecule has 2 aromatic rings. The third-order valence-corrected chi connectivity index (χ3v) is 5.54. The van der Waals surface area contributed by atoms with Crippen LogP contribution in [0, 0.1) is 5.92 Å². The Kier molecular flexibility index (Phi) is 6.68. The van der Waals surface area contributed by atoms with Gasteiger partial charge in [0.1, 0.15) is 0 Å². The molecule has 1 amide bonds. The third-order valence-electron chi connectivity index (χ3n) is 5.54. The fraction of sp³-hybridized carbons (Fsp3) is 0.458. The quantitative estimate of drug-likeness (QED) is 0.684. The van der Waals surface area contributed by atoms with E-state index in [1.54, 1.807) is 0 Å². The molecule has 0 aliphatic carbocycles. The smallest absolute Gasteiger partial charge is 0.226 e. The van der Waals surface area contributed by atoms with Crippen molar-refractivity contribution in [1.82, 2.24) is 4.90 Å². The van der Waals surface area contributed by atoms with Crippen LogP contribution in [0.3, 0.4) is 0 Å². The summed E-state index contributed by atoms with van der Waals surface area (Å²) in [7, 11) is 0. The van der Waals surface area contributed by atoms with Gasteiger partial charge in [0, 0.05) is 25.2 Å². The predicted octanol–water partition coefficient (Wildman–Crippen LogP) is 5.08. The van der Waals surface area contributed by atoms with Crippen LogP contribution in [0.2, 0.25) is 0 Å². The van der Waals surface area contributed by atoms with Crippen molar-refractivity contribution >= 4 is 11.6 Å². The number of benzene rings is 2. The molecule has 1 aliphatic heterocycles. The first-order chi connectivity index (χ1) is 13.1. The highest BCUT2D eigenvalue weighted by atomic mass is 16.2. The summed E-state index contributed by atoms with van der Waals surface area (Å²) >= 11 is 0. The minimum Gasteiger partial charge on any atom is -0.311 e. The number of carbonyl (C=O) groups excluding carboxylic acids is 1. The van der Waals surface area contributed by atoms with E-state index in [0.29, 0.717) is 18.9 Å². The molecule has 0 fully saturated rings. The number of hydrogen-bond acceptors (Lipinski definition) is 2. The molecule has 1 heterocycles. The molecule has 0 saturated carbocycles. The van der Waals surface area contributed by atoms with Gasteiger partial charge in [-0.1, -0.05) is 63.2 Å². The van der Waals surface area contributed by atoms with Gasteiger partial charge in [0.2, 0.25) is 5.91 Å². The maximum Gasteiger partial charge on any atom is 0.226 e. The van der Waals surface area contributed by atoms with Crippen LogP contribution in [0.1, 0.15) is 50.8 Å². The number of fused-ring (bicyclic) bond motifs is 1. The molecule has 0 saturated heterocycles. The van der Waals surface area contributed by atoms with Crippen molar-refractivity contribution in [2.24, 2.45) is 5.92 Å². The Bertz CT molecular complexity index is 741. The molecular formula is C24H32N2O. The highest BCUT2D eigenvalue weighted by Gasteiger charge is 2.30. The van der Waals surface area contributed by atoms with Crippen molar-refractivity contribution in [3.63, 3.8) is 0 Å². The van der Waals surface area contributed by atoms with Crippen molar-refractivity contribution < 1.29 is 4.79 Å². The van der Waals surface area contributed by atoms with Crippen molar-refractivity contribution in [1.29, 1.82) is 0 Å². The first-order valence-corrected chi connectivity index (χ1v) is 10.3. The molecular weight excluding hydrogens is 332 g/mol. The molecule has 1 aliphatic rings. The number of anilines is 1. The van der Waals surface area contributed by atoms with Gasteiger partial charge in [-0.15, -0.1) is 0 Å². The molecule has 0 bridgehead atoms. The Labute approximate surface area is 164 Å². The Hall–Kier alpha value is -2.13. The van der Waals surface area contributed by atoms with Crippen LogP contribution < -0.4 is 4.90 Å². The lowest BCUT2D eigenvalue weighted by Gasteiger charge is -2.40. The minimum atomic E-state index is 0.188. The Morgan fingerprint density at radius 3 is 2.52 bits per heavy atom. The maximum atomic E-state index is 12.8. The van der Waals surface area contributed by atoms with Gasteiger partial charge in [-0.05, 0) is 48.6 Å². The summed E-state index contributed by atoms with van der Waals surface area (Å²) in [5.41, 5.74) is 3.81. The van der Waals surface area contributed by atoms with Crippen LogP contribution >= 0.6 is 0 Å². The van der Waals surface area contributed by atoms with Crippen LogP contribution in [0.25, 0.3) is 0 Å². The average molecular weight is 365 g/mol. The van der Waals surface area contributed by atoms with E-state index in [1.165, 1.54) is 17.5 Å². The number of nitrogens with zero attached hydrogens (tertiary/aromatic N) is 2. The van der Waals surface area contributed by atoms with E-state index in [1.807, 2.05) is 42.2 Å². The molecule has 3 heteroatoms. The summed E-state index contributed by atoms with van der Waals surface area (Å²) in [5.74, 6) is 0.874. The van der Waals surface area contributed by atoms with Crippen LogP contribution in [-0.4, -0.2) is 30.4 Å². The van der Waals surface area contributed by atoms with Gasteiger partial charge in [-0.3, -0.25) is 9.69 Å². The van der Waals surface area contributed by atoms with Gasteiger partial charge in [-0.2, -0.15) is 0 Å². The second kappa shape index (κ2) is 9.18. The van der Waals surface area contributed by atoms with E-state index >= 15 is 0 Å². The molecule has 27 heavy (non-hydrogen) atoms. The van der Waals surface area contributed by atoms with Crippen LogP contribution in [0.4, 0.5) is 5.69 Å². The highest BCUT2D eigenvalue weighted by Crippen LogP contribution is 2.32. The first kappa shape index (κ1) is 19.6. The lowest BCUT2D eigenvalue weighted by Crippen LogP contribution is -2.44. The molecule has 2 aromatic carbocycles. The van der Waals surface area contributed by atoms with Crippen LogP contribution in [-0.2, 0) is 11.2 Å². The topological polar surface area (TPSA) is 23.6 Å². The summed E-state index contributed by atoms with van der Waals surface area (Å²) in [6.45, 7) is 9.37. The standard InChI is InChI=1S/C24H32N2O/c1-4-24(27)26(21-11-6-5-7-12-21)18-23-22-13-9-8-10-20(22)15-17-25(23)16-14-19(2)3/h5-13,19,23H,4,14-18H2,1-3H3. The van der Waals surface area contributed by atoms with Crippen molar-refractivity contribution in [3.8, 4) is 0 Å². The fourth-order valence-corrected chi connectivity index (χ4v) is 3.93. The first-order valence-electron chi connectivity index (χ1n) is 10.3. The van der Waals surface area contributed by atoms with Gasteiger partial charge in [-0.25, -0.2) is 0 Å². The van der Waals surface area contributed by atoms with Gasteiger partial charge in [0.25, 0.3) is 0 Å². The van der Waals surface area contributed by atoms with E-state index in [4.69, 9.17) is 0 Å². The van der Waals surface area contributed by atoms with E-state index in [9.17, 15) is 4.79 Å². The summed E-state index contributed by atoms with van der Waals surface area (Å²) in [6.07, 6.45) is 2.80. The summed E-state index contributed by atoms with van der Waals surface area (Å²) in [6, 6.07) is 19.1. The lowest BCUT2D eigenvalue weighted by molar-refractivity contribution is -0.118.